The van der Waals surface area contributed by atoms with Gasteiger partial charge in [-0.1, -0.05) is 0 Å². The van der Waals surface area contributed by atoms with E-state index in [4.69, 9.17) is 0 Å². The second-order valence-corrected chi connectivity index (χ2v) is 6.28. The zero-order valence-electron chi connectivity index (χ0n) is 12.3. The lowest BCUT2D eigenvalue weighted by Gasteiger charge is -2.16. The molecule has 0 aliphatic carbocycles. The molecule has 0 fully saturated rings. The molecule has 0 aromatic carbocycles. The first kappa shape index (κ1) is 13.9. The Kier molecular flexibility index (Phi) is 3.85. The normalized spacial score (nSPS) is 12.5. The van der Waals surface area contributed by atoms with Crippen molar-refractivity contribution in [2.45, 2.75) is 47.6 Å². The molecule has 2 heterocycles. The predicted octanol–water partition coefficient (Wildman–Crippen LogP) is 3.65. The number of hydrogen-bond acceptors (Lipinski definition) is 5. The number of nitrogens with zero attached hydrogens (tertiary/aromatic N) is 3. The Labute approximate surface area is 118 Å². The van der Waals surface area contributed by atoms with Gasteiger partial charge in [0.05, 0.1) is 16.7 Å². The molecule has 0 spiro atoms. The maximum absolute atomic E-state index is 4.59. The minimum Gasteiger partial charge on any atom is -0.362 e. The van der Waals surface area contributed by atoms with E-state index in [2.05, 4.69) is 34.1 Å². The highest BCUT2D eigenvalue weighted by Gasteiger charge is 2.15. The summed E-state index contributed by atoms with van der Waals surface area (Å²) in [5.74, 6) is 1.70. The van der Waals surface area contributed by atoms with Crippen LogP contribution in [0.2, 0.25) is 0 Å². The van der Waals surface area contributed by atoms with Gasteiger partial charge in [-0.05, 0) is 41.5 Å². The molecule has 0 amide bonds. The number of aromatic nitrogens is 3. The summed E-state index contributed by atoms with van der Waals surface area (Å²) < 4.78 is 0. The van der Waals surface area contributed by atoms with E-state index in [0.717, 1.165) is 33.6 Å². The van der Waals surface area contributed by atoms with Crippen LogP contribution in [0.25, 0.3) is 0 Å². The molecule has 1 atom stereocenters. The van der Waals surface area contributed by atoms with Crippen LogP contribution in [0.15, 0.2) is 0 Å². The highest BCUT2D eigenvalue weighted by molar-refractivity contribution is 7.11. The minimum absolute atomic E-state index is 0.150. The molecular weight excluding hydrogens is 256 g/mol. The van der Waals surface area contributed by atoms with Crippen molar-refractivity contribution in [3.63, 3.8) is 0 Å². The Morgan fingerprint density at radius 2 is 1.68 bits per heavy atom. The number of anilines is 1. The molecule has 0 bridgehead atoms. The maximum atomic E-state index is 4.59. The first-order valence-electron chi connectivity index (χ1n) is 6.40. The van der Waals surface area contributed by atoms with Gasteiger partial charge in [-0.3, -0.25) is 0 Å². The lowest BCUT2D eigenvalue weighted by atomic mass is 10.2. The van der Waals surface area contributed by atoms with Crippen LogP contribution in [0.3, 0.4) is 0 Å². The third-order valence-electron chi connectivity index (χ3n) is 3.20. The quantitative estimate of drug-likeness (QED) is 0.929. The molecule has 1 N–H and O–H groups in total. The largest absolute Gasteiger partial charge is 0.362 e. The molecule has 2 rings (SSSR count). The van der Waals surface area contributed by atoms with E-state index >= 15 is 0 Å². The highest BCUT2D eigenvalue weighted by Crippen LogP contribution is 2.26. The summed E-state index contributed by atoms with van der Waals surface area (Å²) in [4.78, 5) is 14.7. The topological polar surface area (TPSA) is 50.7 Å². The third-order valence-corrected chi connectivity index (χ3v) is 4.11. The van der Waals surface area contributed by atoms with Gasteiger partial charge < -0.3 is 5.32 Å². The van der Waals surface area contributed by atoms with Crippen LogP contribution < -0.4 is 5.32 Å². The van der Waals surface area contributed by atoms with Crippen molar-refractivity contribution in [3.05, 3.63) is 32.7 Å². The molecule has 0 unspecified atom stereocenters. The molecule has 4 nitrogen and oxygen atoms in total. The monoisotopic (exact) mass is 276 g/mol. The minimum atomic E-state index is 0.150. The fourth-order valence-electron chi connectivity index (χ4n) is 2.13. The summed E-state index contributed by atoms with van der Waals surface area (Å²) >= 11 is 1.73. The van der Waals surface area contributed by atoms with E-state index in [9.17, 15) is 0 Å². The molecule has 19 heavy (non-hydrogen) atoms. The highest BCUT2D eigenvalue weighted by atomic mass is 32.1. The molecule has 0 aliphatic heterocycles. The molecule has 102 valence electrons. The van der Waals surface area contributed by atoms with Crippen molar-refractivity contribution in [2.75, 3.05) is 5.32 Å². The Hall–Kier alpha value is -1.49. The van der Waals surface area contributed by atoms with Crippen LogP contribution in [-0.2, 0) is 0 Å². The van der Waals surface area contributed by atoms with E-state index in [1.807, 2.05) is 27.7 Å². The van der Waals surface area contributed by atoms with E-state index in [-0.39, 0.29) is 6.04 Å². The van der Waals surface area contributed by atoms with Gasteiger partial charge in [0, 0.05) is 16.1 Å². The van der Waals surface area contributed by atoms with Crippen LogP contribution >= 0.6 is 11.3 Å². The first-order valence-corrected chi connectivity index (χ1v) is 7.22. The van der Waals surface area contributed by atoms with Gasteiger partial charge in [0.1, 0.15) is 11.6 Å². The Balaban J connectivity index is 2.29. The second-order valence-electron chi connectivity index (χ2n) is 4.87. The average molecular weight is 276 g/mol. The fraction of sp³-hybridized carbons (Fsp3) is 0.500. The van der Waals surface area contributed by atoms with Crippen molar-refractivity contribution in [1.82, 2.24) is 15.0 Å². The van der Waals surface area contributed by atoms with Crippen molar-refractivity contribution in [3.8, 4) is 0 Å². The summed E-state index contributed by atoms with van der Waals surface area (Å²) in [7, 11) is 0. The lowest BCUT2D eigenvalue weighted by molar-refractivity contribution is 0.819. The number of rotatable bonds is 3. The summed E-state index contributed by atoms with van der Waals surface area (Å²) in [6.45, 7) is 12.2. The number of aryl methyl sites for hydroxylation is 4. The molecule has 2 aromatic rings. The molecule has 0 saturated heterocycles. The van der Waals surface area contributed by atoms with E-state index in [1.54, 1.807) is 11.3 Å². The second kappa shape index (κ2) is 5.25. The molecule has 0 radical (unpaired) electrons. The van der Waals surface area contributed by atoms with Gasteiger partial charge in [-0.15, -0.1) is 11.3 Å². The molecule has 5 heteroatoms. The van der Waals surface area contributed by atoms with Gasteiger partial charge >= 0.3 is 0 Å². The van der Waals surface area contributed by atoms with Crippen molar-refractivity contribution in [2.24, 2.45) is 0 Å². The van der Waals surface area contributed by atoms with Crippen LogP contribution in [0.5, 0.6) is 0 Å². The Bertz CT molecular complexity index is 604. The SMILES string of the molecule is Cc1nc(C)c(C)c(N[C@H](C)c2nc(C)sc2C)n1. The first-order chi connectivity index (χ1) is 8.88. The zero-order chi connectivity index (χ0) is 14.2. The molecule has 0 aliphatic rings. The van der Waals surface area contributed by atoms with Gasteiger partial charge in [-0.25, -0.2) is 15.0 Å². The number of thiazole rings is 1. The summed E-state index contributed by atoms with van der Waals surface area (Å²) in [6.07, 6.45) is 0. The summed E-state index contributed by atoms with van der Waals surface area (Å²) in [5.41, 5.74) is 3.23. The number of nitrogens with one attached hydrogen (secondary N) is 1. The van der Waals surface area contributed by atoms with Crippen LogP contribution in [0, 0.1) is 34.6 Å². The van der Waals surface area contributed by atoms with Crippen molar-refractivity contribution >= 4 is 17.2 Å². The van der Waals surface area contributed by atoms with Gasteiger partial charge in [-0.2, -0.15) is 0 Å². The Morgan fingerprint density at radius 3 is 2.26 bits per heavy atom. The van der Waals surface area contributed by atoms with E-state index in [1.165, 1.54) is 4.88 Å². The zero-order valence-corrected chi connectivity index (χ0v) is 13.1. The smallest absolute Gasteiger partial charge is 0.133 e. The standard InChI is InChI=1S/C14H20N4S/c1-7-8(2)15-11(5)17-14(7)16-9(3)13-10(4)19-12(6)18-13/h9H,1-6H3,(H,15,16,17)/t9-/m1/s1. The van der Waals surface area contributed by atoms with E-state index in [0.29, 0.717) is 0 Å². The predicted molar refractivity (Wildman–Crippen MR) is 79.9 cm³/mol. The third kappa shape index (κ3) is 2.92. The maximum Gasteiger partial charge on any atom is 0.133 e. The van der Waals surface area contributed by atoms with Gasteiger partial charge in [0.2, 0.25) is 0 Å². The van der Waals surface area contributed by atoms with Crippen LogP contribution in [0.1, 0.15) is 45.6 Å². The average Bonchev–Trinajstić information content (AvgIpc) is 2.64. The van der Waals surface area contributed by atoms with Gasteiger partial charge in [0.15, 0.2) is 0 Å². The van der Waals surface area contributed by atoms with Crippen molar-refractivity contribution < 1.29 is 0 Å². The van der Waals surface area contributed by atoms with Crippen LogP contribution in [0.4, 0.5) is 5.82 Å². The summed E-state index contributed by atoms with van der Waals surface area (Å²) in [5, 5.41) is 4.56. The molecule has 0 saturated carbocycles. The summed E-state index contributed by atoms with van der Waals surface area (Å²) in [6, 6.07) is 0.150. The molecule has 2 aromatic heterocycles. The number of hydrogen-bond donors (Lipinski definition) is 1. The molecular formula is C14H20N4S. The van der Waals surface area contributed by atoms with E-state index < -0.39 is 0 Å². The fourth-order valence-corrected chi connectivity index (χ4v) is 3.04. The van der Waals surface area contributed by atoms with Crippen LogP contribution in [-0.4, -0.2) is 15.0 Å². The van der Waals surface area contributed by atoms with Gasteiger partial charge in [0.25, 0.3) is 0 Å². The Morgan fingerprint density at radius 1 is 1.00 bits per heavy atom. The lowest BCUT2D eigenvalue weighted by Crippen LogP contribution is -2.12. The van der Waals surface area contributed by atoms with Crippen molar-refractivity contribution in [1.29, 1.82) is 0 Å².